The molecular weight excluding hydrogens is 655 g/mol. The molecule has 2 aliphatic rings. The normalized spacial score (nSPS) is 10.6. The van der Waals surface area contributed by atoms with Crippen molar-refractivity contribution in [1.82, 2.24) is 0 Å². The number of benzene rings is 6. The highest BCUT2D eigenvalue weighted by Gasteiger charge is 2.26. The molecular formula is C52H65NO. The van der Waals surface area contributed by atoms with Crippen molar-refractivity contribution in [2.24, 2.45) is 0 Å². The maximum atomic E-state index is 6.36. The van der Waals surface area contributed by atoms with Crippen LogP contribution in [-0.4, -0.2) is 0 Å². The van der Waals surface area contributed by atoms with E-state index >= 15 is 0 Å². The second-order valence-electron chi connectivity index (χ2n) is 11.7. The van der Waals surface area contributed by atoms with Gasteiger partial charge in [0.25, 0.3) is 0 Å². The summed E-state index contributed by atoms with van der Waals surface area (Å²) >= 11 is 0. The number of furan rings is 1. The van der Waals surface area contributed by atoms with Crippen LogP contribution in [0.15, 0.2) is 132 Å². The Morgan fingerprint density at radius 2 is 0.815 bits per heavy atom. The van der Waals surface area contributed by atoms with Crippen molar-refractivity contribution in [2.75, 3.05) is 4.90 Å². The van der Waals surface area contributed by atoms with Gasteiger partial charge in [-0.15, -0.1) is 0 Å². The van der Waals surface area contributed by atoms with Crippen LogP contribution in [0.3, 0.4) is 0 Å². The van der Waals surface area contributed by atoms with Gasteiger partial charge in [0.1, 0.15) is 11.2 Å². The SMILES string of the molecule is CC.CC.CC.CC.CC.CC.c1ccc2c(c1)Cc1cccc(CN(Cc3cccc4c3-c3ccccc3C4)c3cccc4oc5ccccc5c34)c1-2. The maximum Gasteiger partial charge on any atom is 0.137 e. The molecule has 0 amide bonds. The van der Waals surface area contributed by atoms with Crippen molar-refractivity contribution >= 4 is 27.6 Å². The molecule has 0 spiro atoms. The number of nitrogens with zero attached hydrogens (tertiary/aromatic N) is 1. The fraction of sp³-hybridized carbons (Fsp3) is 0.308. The molecule has 2 nitrogen and oxygen atoms in total. The molecule has 0 fully saturated rings. The summed E-state index contributed by atoms with van der Waals surface area (Å²) in [5.41, 5.74) is 17.1. The van der Waals surface area contributed by atoms with Gasteiger partial charge in [-0.05, 0) is 86.7 Å². The highest BCUT2D eigenvalue weighted by Crippen LogP contribution is 2.44. The quantitative estimate of drug-likeness (QED) is 0.176. The van der Waals surface area contributed by atoms with Crippen LogP contribution in [0.2, 0.25) is 0 Å². The van der Waals surface area contributed by atoms with Gasteiger partial charge in [-0.1, -0.05) is 192 Å². The van der Waals surface area contributed by atoms with Crippen LogP contribution in [-0.2, 0) is 25.9 Å². The molecule has 0 saturated carbocycles. The topological polar surface area (TPSA) is 16.4 Å². The number of rotatable bonds is 5. The van der Waals surface area contributed by atoms with Crippen molar-refractivity contribution < 1.29 is 4.42 Å². The van der Waals surface area contributed by atoms with Crippen molar-refractivity contribution in [3.05, 3.63) is 161 Å². The Hall–Kier alpha value is -5.08. The van der Waals surface area contributed by atoms with Crippen molar-refractivity contribution in [2.45, 2.75) is 109 Å². The lowest BCUT2D eigenvalue weighted by molar-refractivity contribution is 0.668. The Morgan fingerprint density at radius 1 is 0.407 bits per heavy atom. The lowest BCUT2D eigenvalue weighted by Gasteiger charge is -2.28. The zero-order valence-electron chi connectivity index (χ0n) is 35.3. The van der Waals surface area contributed by atoms with E-state index in [0.29, 0.717) is 0 Å². The van der Waals surface area contributed by atoms with E-state index in [1.54, 1.807) is 0 Å². The van der Waals surface area contributed by atoms with Gasteiger partial charge in [0.05, 0.1) is 5.39 Å². The molecule has 0 aliphatic heterocycles. The third kappa shape index (κ3) is 8.82. The second-order valence-corrected chi connectivity index (χ2v) is 11.7. The van der Waals surface area contributed by atoms with E-state index in [2.05, 4.69) is 132 Å². The molecule has 0 radical (unpaired) electrons. The molecule has 2 heteroatoms. The largest absolute Gasteiger partial charge is 0.456 e. The van der Waals surface area contributed by atoms with E-state index in [0.717, 1.165) is 37.1 Å². The predicted octanol–water partition coefficient (Wildman–Crippen LogP) is 16.1. The van der Waals surface area contributed by atoms with Crippen LogP contribution in [0.5, 0.6) is 0 Å². The summed E-state index contributed by atoms with van der Waals surface area (Å²) in [7, 11) is 0. The number of hydrogen-bond acceptors (Lipinski definition) is 2. The smallest absolute Gasteiger partial charge is 0.137 e. The van der Waals surface area contributed by atoms with Gasteiger partial charge in [0.2, 0.25) is 0 Å². The average Bonchev–Trinajstić information content (AvgIpc) is 3.97. The molecule has 1 heterocycles. The van der Waals surface area contributed by atoms with Crippen LogP contribution < -0.4 is 4.90 Å². The van der Waals surface area contributed by atoms with E-state index in [-0.39, 0.29) is 0 Å². The van der Waals surface area contributed by atoms with Gasteiger partial charge >= 0.3 is 0 Å². The first-order valence-electron chi connectivity index (χ1n) is 20.8. The minimum Gasteiger partial charge on any atom is -0.456 e. The lowest BCUT2D eigenvalue weighted by Crippen LogP contribution is -2.23. The fourth-order valence-electron chi connectivity index (χ4n) is 7.46. The summed E-state index contributed by atoms with van der Waals surface area (Å²) in [6.07, 6.45) is 2.01. The summed E-state index contributed by atoms with van der Waals surface area (Å²) in [4.78, 5) is 2.58. The Bertz CT molecular complexity index is 2070. The number of hydrogen-bond donors (Lipinski definition) is 0. The summed E-state index contributed by atoms with van der Waals surface area (Å²) in [5, 5.41) is 2.36. The molecule has 54 heavy (non-hydrogen) atoms. The van der Waals surface area contributed by atoms with E-state index in [4.69, 9.17) is 4.42 Å². The van der Waals surface area contributed by atoms with E-state index < -0.39 is 0 Å². The van der Waals surface area contributed by atoms with Gasteiger partial charge in [-0.25, -0.2) is 0 Å². The summed E-state index contributed by atoms with van der Waals surface area (Å²) < 4.78 is 6.36. The van der Waals surface area contributed by atoms with Crippen LogP contribution in [0.25, 0.3) is 44.2 Å². The first kappa shape index (κ1) is 43.3. The fourth-order valence-corrected chi connectivity index (χ4v) is 7.46. The monoisotopic (exact) mass is 720 g/mol. The first-order valence-corrected chi connectivity index (χ1v) is 20.8. The molecule has 9 rings (SSSR count). The van der Waals surface area contributed by atoms with Gasteiger partial charge in [-0.2, -0.15) is 0 Å². The Morgan fingerprint density at radius 3 is 1.33 bits per heavy atom. The Kier molecular flexibility index (Phi) is 17.8. The lowest BCUT2D eigenvalue weighted by atomic mass is 9.96. The predicted molar refractivity (Wildman–Crippen MR) is 241 cm³/mol. The molecule has 2 aliphatic carbocycles. The number of fused-ring (bicyclic) bond motifs is 9. The van der Waals surface area contributed by atoms with Gasteiger partial charge < -0.3 is 9.32 Å². The molecule has 0 unspecified atom stereocenters. The zero-order chi connectivity index (χ0) is 39.6. The standard InChI is InChI=1S/C40H29NO.6C2H6/c1-3-16-32-26(10-1)22-28-12-7-14-30(38(28)32)24-41(35-19-9-21-37-40(35)34-18-5-6-20-36(34)42-37)25-31-15-8-13-29-23-27-11-2-4-17-33(27)39(29)31;6*1-2/h1-21H,22-25H2;6*1-2H3. The van der Waals surface area contributed by atoms with Gasteiger partial charge in [-0.3, -0.25) is 0 Å². The van der Waals surface area contributed by atoms with Gasteiger partial charge in [0, 0.05) is 24.2 Å². The molecule has 1 aromatic heterocycles. The number of para-hydroxylation sites is 1. The first-order chi connectivity index (χ1) is 26.8. The van der Waals surface area contributed by atoms with Crippen LogP contribution in [0.4, 0.5) is 5.69 Å². The molecule has 0 bridgehead atoms. The highest BCUT2D eigenvalue weighted by molar-refractivity contribution is 6.11. The second kappa shape index (κ2) is 22.2. The third-order valence-electron chi connectivity index (χ3n) is 9.25. The van der Waals surface area contributed by atoms with Crippen molar-refractivity contribution in [3.63, 3.8) is 0 Å². The molecule has 7 aromatic rings. The molecule has 0 saturated heterocycles. The number of anilines is 1. The van der Waals surface area contributed by atoms with Gasteiger partial charge in [0.15, 0.2) is 0 Å². The highest BCUT2D eigenvalue weighted by atomic mass is 16.3. The maximum absolute atomic E-state index is 6.36. The third-order valence-corrected chi connectivity index (χ3v) is 9.25. The molecule has 0 atom stereocenters. The summed E-state index contributed by atoms with van der Waals surface area (Å²) in [6.45, 7) is 25.6. The average molecular weight is 720 g/mol. The Balaban J connectivity index is 0.000000599. The van der Waals surface area contributed by atoms with Crippen LogP contribution in [0, 0.1) is 0 Å². The van der Waals surface area contributed by atoms with Crippen molar-refractivity contribution in [3.8, 4) is 22.3 Å². The van der Waals surface area contributed by atoms with Crippen LogP contribution >= 0.6 is 0 Å². The van der Waals surface area contributed by atoms with E-state index in [1.807, 2.05) is 83.1 Å². The summed E-state index contributed by atoms with van der Waals surface area (Å²) in [6, 6.07) is 46.5. The van der Waals surface area contributed by atoms with E-state index in [1.165, 1.54) is 72.1 Å². The summed E-state index contributed by atoms with van der Waals surface area (Å²) in [5.74, 6) is 0. The minimum atomic E-state index is 0.807. The van der Waals surface area contributed by atoms with Crippen molar-refractivity contribution in [1.29, 1.82) is 0 Å². The van der Waals surface area contributed by atoms with E-state index in [9.17, 15) is 0 Å². The molecule has 6 aromatic carbocycles. The molecule has 284 valence electrons. The Labute approximate surface area is 327 Å². The van der Waals surface area contributed by atoms with Crippen LogP contribution in [0.1, 0.15) is 116 Å². The molecule has 0 N–H and O–H groups in total. The minimum absolute atomic E-state index is 0.807. The zero-order valence-corrected chi connectivity index (χ0v) is 35.3.